The lowest BCUT2D eigenvalue weighted by molar-refractivity contribution is -0.135. The number of benzene rings is 1. The van der Waals surface area contributed by atoms with E-state index in [1.165, 1.54) is 23.1 Å². The molecule has 212 valence electrons. The number of carbonyl (C=O) groups is 2. The van der Waals surface area contributed by atoms with Gasteiger partial charge in [-0.1, -0.05) is 17.7 Å². The number of nitrogens with zero attached hydrogens (tertiary/aromatic N) is 6. The van der Waals surface area contributed by atoms with E-state index in [2.05, 4.69) is 20.3 Å². The van der Waals surface area contributed by atoms with Crippen LogP contribution in [0.4, 0.5) is 10.6 Å². The summed E-state index contributed by atoms with van der Waals surface area (Å²) in [5.74, 6) is 0.978. The van der Waals surface area contributed by atoms with Gasteiger partial charge in [-0.3, -0.25) is 4.79 Å². The highest BCUT2D eigenvalue weighted by Crippen LogP contribution is 2.38. The van der Waals surface area contributed by atoms with Crippen molar-refractivity contribution in [2.75, 3.05) is 18.8 Å². The van der Waals surface area contributed by atoms with Gasteiger partial charge in [-0.15, -0.1) is 11.3 Å². The molecule has 40 heavy (non-hydrogen) atoms. The van der Waals surface area contributed by atoms with Gasteiger partial charge in [-0.05, 0) is 70.3 Å². The summed E-state index contributed by atoms with van der Waals surface area (Å²) in [6.07, 6.45) is 2.87. The van der Waals surface area contributed by atoms with Crippen molar-refractivity contribution in [2.24, 2.45) is 5.92 Å². The second-order valence-corrected chi connectivity index (χ2v) is 13.4. The normalized spacial score (nSPS) is 16.8. The lowest BCUT2D eigenvalue weighted by atomic mass is 9.97. The quantitative estimate of drug-likeness (QED) is 0.314. The first-order chi connectivity index (χ1) is 19.0. The number of nitrogens with one attached hydrogen (secondary N) is 1. The van der Waals surface area contributed by atoms with Crippen molar-refractivity contribution in [1.82, 2.24) is 34.7 Å². The molecule has 0 spiro atoms. The zero-order chi connectivity index (χ0) is 28.6. The molecule has 0 radical (unpaired) electrons. The number of carbonyl (C=O) groups excluding carboxylic acids is 2. The monoisotopic (exact) mass is 602 g/mol. The number of ether oxygens (including phenoxy) is 1. The Labute approximate surface area is 245 Å². The Morgan fingerprint density at radius 3 is 2.85 bits per heavy atom. The topological polar surface area (TPSA) is 141 Å². The van der Waals surface area contributed by atoms with Crippen molar-refractivity contribution in [3.05, 3.63) is 29.5 Å². The summed E-state index contributed by atoms with van der Waals surface area (Å²) in [7, 11) is 0. The number of imidazole rings is 1. The van der Waals surface area contributed by atoms with Crippen molar-refractivity contribution in [1.29, 1.82) is 0 Å². The average molecular weight is 603 g/mol. The summed E-state index contributed by atoms with van der Waals surface area (Å²) in [5.41, 5.74) is 6.88. The number of halogens is 1. The van der Waals surface area contributed by atoms with E-state index in [4.69, 9.17) is 27.1 Å². The molecule has 2 amide bonds. The molecule has 11 nitrogen and oxygen atoms in total. The molecule has 1 unspecified atom stereocenters. The molecule has 1 saturated heterocycles. The molecule has 1 aromatic carbocycles. The van der Waals surface area contributed by atoms with Crippen molar-refractivity contribution in [3.63, 3.8) is 0 Å². The van der Waals surface area contributed by atoms with Crippen LogP contribution in [0.5, 0.6) is 0 Å². The number of nitrogens with two attached hydrogens (primary N) is 1. The first-order valence-corrected chi connectivity index (χ1v) is 15.0. The second kappa shape index (κ2) is 11.4. The first-order valence-electron chi connectivity index (χ1n) is 13.0. The summed E-state index contributed by atoms with van der Waals surface area (Å²) in [4.78, 5) is 45.4. The van der Waals surface area contributed by atoms with Gasteiger partial charge in [0.1, 0.15) is 11.6 Å². The number of thiazole rings is 1. The van der Waals surface area contributed by atoms with Crippen LogP contribution in [0.1, 0.15) is 40.5 Å². The number of fused-ring (bicyclic) bond motifs is 2. The number of anilines is 1. The van der Waals surface area contributed by atoms with Gasteiger partial charge in [-0.2, -0.15) is 0 Å². The number of rotatable bonds is 6. The highest BCUT2D eigenvalue weighted by atomic mass is 35.5. The van der Waals surface area contributed by atoms with E-state index >= 15 is 0 Å². The number of piperidine rings is 1. The van der Waals surface area contributed by atoms with E-state index in [0.717, 1.165) is 27.4 Å². The van der Waals surface area contributed by atoms with Gasteiger partial charge < -0.3 is 25.3 Å². The number of amides is 2. The molecule has 0 bridgehead atoms. The van der Waals surface area contributed by atoms with Gasteiger partial charge in [0.25, 0.3) is 0 Å². The minimum absolute atomic E-state index is 0.135. The van der Waals surface area contributed by atoms with Gasteiger partial charge in [0, 0.05) is 19.6 Å². The molecule has 5 rings (SSSR count). The number of hydrogen-bond donors (Lipinski definition) is 2. The van der Waals surface area contributed by atoms with Crippen LogP contribution >= 0.6 is 34.7 Å². The summed E-state index contributed by atoms with van der Waals surface area (Å²) in [5, 5.41) is 3.84. The van der Waals surface area contributed by atoms with E-state index in [1.807, 2.05) is 22.8 Å². The predicted octanol–water partition coefficient (Wildman–Crippen LogP) is 4.93. The fourth-order valence-corrected chi connectivity index (χ4v) is 6.84. The maximum atomic E-state index is 13.1. The van der Waals surface area contributed by atoms with Crippen LogP contribution in [0.15, 0.2) is 34.0 Å². The van der Waals surface area contributed by atoms with Crippen LogP contribution in [-0.4, -0.2) is 66.1 Å². The van der Waals surface area contributed by atoms with E-state index < -0.39 is 17.7 Å². The molecule has 3 N–H and O–H groups in total. The van der Waals surface area contributed by atoms with Gasteiger partial charge in [0.15, 0.2) is 26.8 Å². The second-order valence-electron chi connectivity index (χ2n) is 10.8. The maximum Gasteiger partial charge on any atom is 0.408 e. The molecule has 4 heterocycles. The molecule has 0 aliphatic carbocycles. The van der Waals surface area contributed by atoms with Gasteiger partial charge in [0.05, 0.1) is 21.6 Å². The Morgan fingerprint density at radius 2 is 2.10 bits per heavy atom. The Balaban J connectivity index is 1.27. The van der Waals surface area contributed by atoms with Gasteiger partial charge >= 0.3 is 6.09 Å². The first kappa shape index (κ1) is 28.4. The maximum absolute atomic E-state index is 13.1. The third-order valence-electron chi connectivity index (χ3n) is 6.39. The smallest absolute Gasteiger partial charge is 0.408 e. The van der Waals surface area contributed by atoms with Crippen molar-refractivity contribution in [3.8, 4) is 11.5 Å². The lowest BCUT2D eigenvalue weighted by Crippen LogP contribution is -2.51. The van der Waals surface area contributed by atoms with E-state index in [0.29, 0.717) is 47.1 Å². The summed E-state index contributed by atoms with van der Waals surface area (Å²) >= 11 is 9.17. The molecule has 0 saturated carbocycles. The Bertz CT molecular complexity index is 1520. The molecular weight excluding hydrogens is 572 g/mol. The minimum Gasteiger partial charge on any atom is -0.444 e. The summed E-state index contributed by atoms with van der Waals surface area (Å²) in [6.45, 7) is 8.82. The third kappa shape index (κ3) is 6.42. The molecule has 3 aliphatic rings. The Hall–Kier alpha value is -3.16. The van der Waals surface area contributed by atoms with Crippen LogP contribution in [0.2, 0.25) is 5.02 Å². The predicted molar refractivity (Wildman–Crippen MR) is 156 cm³/mol. The third-order valence-corrected chi connectivity index (χ3v) is 8.84. The Morgan fingerprint density at radius 1 is 1.30 bits per heavy atom. The molecule has 1 fully saturated rings. The molecule has 2 atom stereocenters. The van der Waals surface area contributed by atoms with E-state index in [-0.39, 0.29) is 11.8 Å². The van der Waals surface area contributed by atoms with Crippen molar-refractivity contribution >= 4 is 62.7 Å². The minimum atomic E-state index is -0.691. The summed E-state index contributed by atoms with van der Waals surface area (Å²) in [6, 6.07) is 4.95. The van der Waals surface area contributed by atoms with Crippen LogP contribution in [0.25, 0.3) is 21.7 Å². The van der Waals surface area contributed by atoms with Crippen molar-refractivity contribution < 1.29 is 14.3 Å². The standard InChI is InChI=1S/C26H31ClN8O3S2/c1-14(30-24(37)38-26(2,3)4)22(36)34-10-6-7-15(11-34)12-35-13-29-20(28)18-21(35)33-23(32-18)40-25-31-17-9-5-8-16(27)19(17)39-25/h5,8-9,13-15H,6-7,10-12,28H2,1-4H3,(H,30,37)/t14-,15?/m0/s1. The average Bonchev–Trinajstić information content (AvgIpc) is 3.50. The van der Waals surface area contributed by atoms with Crippen LogP contribution in [-0.2, 0) is 16.1 Å². The SMILES string of the molecule is C[C@H](NC(=O)OC(C)(C)C)C(=O)N1CCCC(Cn2cnc(N)c3nc(Sc4nc5cccc(Cl)c5s4)nc2-3)C1. The fraction of sp³-hybridized carbons (Fsp3) is 0.462. The van der Waals surface area contributed by atoms with E-state index in [9.17, 15) is 9.59 Å². The van der Waals surface area contributed by atoms with Crippen LogP contribution in [0.3, 0.4) is 0 Å². The highest BCUT2D eigenvalue weighted by Gasteiger charge is 2.30. The zero-order valence-corrected chi connectivity index (χ0v) is 25.1. The number of likely N-dealkylation sites (tertiary alicyclic amines) is 1. The highest BCUT2D eigenvalue weighted by molar-refractivity contribution is 8.01. The van der Waals surface area contributed by atoms with Crippen LogP contribution < -0.4 is 11.1 Å². The number of hydrogen-bond acceptors (Lipinski definition) is 10. The zero-order valence-electron chi connectivity index (χ0n) is 22.7. The van der Waals surface area contributed by atoms with Gasteiger partial charge in [-0.25, -0.2) is 24.7 Å². The Kier molecular flexibility index (Phi) is 8.07. The van der Waals surface area contributed by atoms with Gasteiger partial charge in [0.2, 0.25) is 5.91 Å². The largest absolute Gasteiger partial charge is 0.444 e. The number of aromatic nitrogens is 5. The lowest BCUT2D eigenvalue weighted by Gasteiger charge is -2.35. The molecule has 2 aromatic rings. The molecule has 14 heteroatoms. The number of nitrogen functional groups attached to an aromatic ring is 1. The van der Waals surface area contributed by atoms with Crippen molar-refractivity contribution in [2.45, 2.75) is 68.2 Å². The molecule has 3 aliphatic heterocycles. The molecule has 1 aromatic heterocycles. The number of alkyl carbamates (subject to hydrolysis) is 1. The molecular formula is C26H31ClN8O3S2. The fourth-order valence-electron chi connectivity index (χ4n) is 4.64. The van der Waals surface area contributed by atoms with Crippen LogP contribution in [0, 0.1) is 5.92 Å². The van der Waals surface area contributed by atoms with E-state index in [1.54, 1.807) is 38.9 Å². The summed E-state index contributed by atoms with van der Waals surface area (Å²) < 4.78 is 8.94.